The lowest BCUT2D eigenvalue weighted by Crippen LogP contribution is -2.37. The predicted octanol–water partition coefficient (Wildman–Crippen LogP) is 3.04. The zero-order valence-electron chi connectivity index (χ0n) is 13.7. The molecule has 0 aliphatic heterocycles. The highest BCUT2D eigenvalue weighted by molar-refractivity contribution is 7.17. The number of aromatic nitrogens is 2. The van der Waals surface area contributed by atoms with E-state index in [4.69, 9.17) is 0 Å². The van der Waals surface area contributed by atoms with Crippen LogP contribution in [0.5, 0.6) is 0 Å². The Bertz CT molecular complexity index is 915. The molecule has 0 fully saturated rings. The number of nitrogens with zero attached hydrogens (tertiary/aromatic N) is 2. The monoisotopic (exact) mass is 341 g/mol. The molecule has 0 bridgehead atoms. The van der Waals surface area contributed by atoms with Gasteiger partial charge in [-0.25, -0.2) is 4.98 Å². The molecule has 1 unspecified atom stereocenters. The van der Waals surface area contributed by atoms with Crippen LogP contribution in [0.2, 0.25) is 0 Å². The second-order valence-electron chi connectivity index (χ2n) is 5.75. The Labute approximate surface area is 144 Å². The van der Waals surface area contributed by atoms with Crippen LogP contribution in [-0.4, -0.2) is 21.5 Å². The van der Waals surface area contributed by atoms with Gasteiger partial charge in [0, 0.05) is 17.0 Å². The van der Waals surface area contributed by atoms with Crippen molar-refractivity contribution in [1.82, 2.24) is 14.9 Å². The minimum atomic E-state index is -0.181. The molecule has 5 nitrogen and oxygen atoms in total. The molecule has 0 saturated heterocycles. The van der Waals surface area contributed by atoms with Crippen molar-refractivity contribution in [3.05, 3.63) is 52.4 Å². The summed E-state index contributed by atoms with van der Waals surface area (Å²) < 4.78 is 1.37. The molecule has 0 aliphatic carbocycles. The number of fused-ring (bicyclic) bond motifs is 1. The minimum absolute atomic E-state index is 0.0177. The first kappa shape index (κ1) is 16.4. The summed E-state index contributed by atoms with van der Waals surface area (Å²) in [6.07, 6.45) is 2.30. The summed E-state index contributed by atoms with van der Waals surface area (Å²) in [5.41, 5.74) is 1.66. The van der Waals surface area contributed by atoms with E-state index in [2.05, 4.69) is 10.3 Å². The Hall–Kier alpha value is -2.47. The molecule has 1 N–H and O–H groups in total. The van der Waals surface area contributed by atoms with E-state index < -0.39 is 0 Å². The summed E-state index contributed by atoms with van der Waals surface area (Å²) >= 11 is 1.44. The van der Waals surface area contributed by atoms with Crippen molar-refractivity contribution in [1.29, 1.82) is 0 Å². The summed E-state index contributed by atoms with van der Waals surface area (Å²) in [6, 6.07) is 9.84. The van der Waals surface area contributed by atoms with E-state index in [1.807, 2.05) is 49.6 Å². The van der Waals surface area contributed by atoms with E-state index >= 15 is 0 Å². The van der Waals surface area contributed by atoms with Crippen molar-refractivity contribution in [2.24, 2.45) is 0 Å². The van der Waals surface area contributed by atoms with Crippen molar-refractivity contribution in [2.45, 2.75) is 32.9 Å². The van der Waals surface area contributed by atoms with Crippen LogP contribution in [0.4, 0.5) is 0 Å². The van der Waals surface area contributed by atoms with Crippen LogP contribution in [0.15, 0.2) is 46.8 Å². The van der Waals surface area contributed by atoms with Crippen molar-refractivity contribution in [3.8, 4) is 11.1 Å². The Morgan fingerprint density at radius 2 is 2.08 bits per heavy atom. The van der Waals surface area contributed by atoms with Gasteiger partial charge < -0.3 is 5.32 Å². The Balaban J connectivity index is 1.99. The fourth-order valence-electron chi connectivity index (χ4n) is 2.49. The van der Waals surface area contributed by atoms with Crippen LogP contribution in [0.25, 0.3) is 21.3 Å². The number of benzene rings is 1. The van der Waals surface area contributed by atoms with Crippen molar-refractivity contribution in [2.75, 3.05) is 0 Å². The topological polar surface area (TPSA) is 64.0 Å². The summed E-state index contributed by atoms with van der Waals surface area (Å²) in [7, 11) is 0. The van der Waals surface area contributed by atoms with Gasteiger partial charge in [-0.05, 0) is 18.9 Å². The maximum atomic E-state index is 12.8. The first-order valence-corrected chi connectivity index (χ1v) is 8.79. The Kier molecular flexibility index (Phi) is 4.76. The SMILES string of the molecule is CCC(C)NC(=O)Cn1cnc2scc(-c3ccccc3)c2c1=O. The average molecular weight is 341 g/mol. The number of rotatable bonds is 5. The standard InChI is InChI=1S/C18H19N3O2S/c1-3-12(2)20-15(22)9-21-11-19-17-16(18(21)23)14(10-24-17)13-7-5-4-6-8-13/h4-8,10-12H,3,9H2,1-2H3,(H,20,22). The molecule has 2 aromatic heterocycles. The van der Waals surface area contributed by atoms with Crippen LogP contribution in [0.3, 0.4) is 0 Å². The Morgan fingerprint density at radius 3 is 2.79 bits per heavy atom. The molecule has 2 heterocycles. The normalized spacial score (nSPS) is 12.2. The van der Waals surface area contributed by atoms with Gasteiger partial charge in [0.05, 0.1) is 11.7 Å². The summed E-state index contributed by atoms with van der Waals surface area (Å²) in [6.45, 7) is 3.92. The number of amides is 1. The zero-order chi connectivity index (χ0) is 17.1. The summed E-state index contributed by atoms with van der Waals surface area (Å²) in [5, 5.41) is 5.39. The maximum Gasteiger partial charge on any atom is 0.263 e. The second-order valence-corrected chi connectivity index (χ2v) is 6.61. The number of hydrogen-bond donors (Lipinski definition) is 1. The minimum Gasteiger partial charge on any atom is -0.352 e. The molecule has 1 atom stereocenters. The van der Waals surface area contributed by atoms with Crippen LogP contribution in [0.1, 0.15) is 20.3 Å². The third-order valence-electron chi connectivity index (χ3n) is 3.98. The Morgan fingerprint density at radius 1 is 1.33 bits per heavy atom. The van der Waals surface area contributed by atoms with Gasteiger partial charge in [0.25, 0.3) is 5.56 Å². The molecule has 3 aromatic rings. The zero-order valence-corrected chi connectivity index (χ0v) is 14.5. The molecular weight excluding hydrogens is 322 g/mol. The number of hydrogen-bond acceptors (Lipinski definition) is 4. The number of nitrogens with one attached hydrogen (secondary N) is 1. The number of carbonyl (C=O) groups excluding carboxylic acids is 1. The van der Waals surface area contributed by atoms with Crippen LogP contribution in [0, 0.1) is 0 Å². The van der Waals surface area contributed by atoms with Gasteiger partial charge >= 0.3 is 0 Å². The largest absolute Gasteiger partial charge is 0.352 e. The smallest absolute Gasteiger partial charge is 0.263 e. The van der Waals surface area contributed by atoms with E-state index in [0.29, 0.717) is 10.2 Å². The predicted molar refractivity (Wildman–Crippen MR) is 97.2 cm³/mol. The fraction of sp³-hybridized carbons (Fsp3) is 0.278. The molecule has 1 aromatic carbocycles. The van der Waals surface area contributed by atoms with E-state index in [1.165, 1.54) is 22.2 Å². The van der Waals surface area contributed by atoms with Gasteiger partial charge in [0.2, 0.25) is 5.91 Å². The van der Waals surface area contributed by atoms with Gasteiger partial charge in [-0.2, -0.15) is 0 Å². The molecule has 6 heteroatoms. The van der Waals surface area contributed by atoms with E-state index in [-0.39, 0.29) is 24.1 Å². The lowest BCUT2D eigenvalue weighted by Gasteiger charge is -2.12. The molecular formula is C18H19N3O2S. The van der Waals surface area contributed by atoms with Crippen LogP contribution >= 0.6 is 11.3 Å². The second kappa shape index (κ2) is 6.97. The lowest BCUT2D eigenvalue weighted by molar-refractivity contribution is -0.122. The quantitative estimate of drug-likeness (QED) is 0.776. The molecule has 124 valence electrons. The number of carbonyl (C=O) groups is 1. The molecule has 0 radical (unpaired) electrons. The van der Waals surface area contributed by atoms with Crippen molar-refractivity contribution < 1.29 is 4.79 Å². The average Bonchev–Trinajstić information content (AvgIpc) is 3.03. The third-order valence-corrected chi connectivity index (χ3v) is 4.87. The highest BCUT2D eigenvalue weighted by atomic mass is 32.1. The van der Waals surface area contributed by atoms with Crippen LogP contribution in [-0.2, 0) is 11.3 Å². The lowest BCUT2D eigenvalue weighted by atomic mass is 10.1. The molecule has 24 heavy (non-hydrogen) atoms. The van der Waals surface area contributed by atoms with Gasteiger partial charge in [-0.15, -0.1) is 11.3 Å². The maximum absolute atomic E-state index is 12.8. The van der Waals surface area contributed by atoms with Gasteiger partial charge in [0.15, 0.2) is 0 Å². The third kappa shape index (κ3) is 3.23. The van der Waals surface area contributed by atoms with E-state index in [0.717, 1.165) is 17.5 Å². The number of thiophene rings is 1. The van der Waals surface area contributed by atoms with Crippen molar-refractivity contribution in [3.63, 3.8) is 0 Å². The molecule has 0 saturated carbocycles. The molecule has 3 rings (SSSR count). The highest BCUT2D eigenvalue weighted by Gasteiger charge is 2.15. The first-order chi connectivity index (χ1) is 11.6. The molecule has 0 aliphatic rings. The van der Waals surface area contributed by atoms with E-state index in [9.17, 15) is 9.59 Å². The van der Waals surface area contributed by atoms with E-state index in [1.54, 1.807) is 0 Å². The van der Waals surface area contributed by atoms with Gasteiger partial charge in [-0.1, -0.05) is 37.3 Å². The van der Waals surface area contributed by atoms with Crippen molar-refractivity contribution >= 4 is 27.5 Å². The molecule has 0 spiro atoms. The summed E-state index contributed by atoms with van der Waals surface area (Å²) in [4.78, 5) is 29.9. The highest BCUT2D eigenvalue weighted by Crippen LogP contribution is 2.30. The first-order valence-electron chi connectivity index (χ1n) is 7.91. The van der Waals surface area contributed by atoms with Gasteiger partial charge in [-0.3, -0.25) is 14.2 Å². The fourth-order valence-corrected chi connectivity index (χ4v) is 3.39. The van der Waals surface area contributed by atoms with Gasteiger partial charge in [0.1, 0.15) is 11.4 Å². The summed E-state index contributed by atoms with van der Waals surface area (Å²) in [5.74, 6) is -0.177. The molecule has 1 amide bonds. The van der Waals surface area contributed by atoms with Crippen LogP contribution < -0.4 is 10.9 Å².